The van der Waals surface area contributed by atoms with E-state index in [1.165, 1.54) is 18.2 Å². The van der Waals surface area contributed by atoms with E-state index < -0.39 is 0 Å². The van der Waals surface area contributed by atoms with Gasteiger partial charge in [-0.1, -0.05) is 25.1 Å². The Balaban J connectivity index is 1.18. The quantitative estimate of drug-likeness (QED) is 0.410. The van der Waals surface area contributed by atoms with Gasteiger partial charge in [0.1, 0.15) is 5.82 Å². The van der Waals surface area contributed by atoms with Gasteiger partial charge in [-0.15, -0.1) is 0 Å². The second kappa shape index (κ2) is 12.6. The van der Waals surface area contributed by atoms with Crippen molar-refractivity contribution in [3.8, 4) is 6.07 Å². The van der Waals surface area contributed by atoms with E-state index in [1.54, 1.807) is 12.1 Å². The van der Waals surface area contributed by atoms with Crippen LogP contribution in [0.5, 0.6) is 0 Å². The van der Waals surface area contributed by atoms with Crippen LogP contribution in [0.1, 0.15) is 49.7 Å². The van der Waals surface area contributed by atoms with Crippen LogP contribution in [-0.4, -0.2) is 74.1 Å². The second-order valence-corrected chi connectivity index (χ2v) is 13.0. The minimum atomic E-state index is -0.201. The molecule has 0 bridgehead atoms. The van der Waals surface area contributed by atoms with Gasteiger partial charge in [0.15, 0.2) is 0 Å². The third-order valence-electron chi connectivity index (χ3n) is 10.6. The summed E-state index contributed by atoms with van der Waals surface area (Å²) in [5, 5.41) is 12.4. The fourth-order valence-electron chi connectivity index (χ4n) is 8.41. The first-order chi connectivity index (χ1) is 20.5. The molecule has 0 radical (unpaired) electrons. The van der Waals surface area contributed by atoms with E-state index in [9.17, 15) is 9.18 Å². The van der Waals surface area contributed by atoms with Crippen molar-refractivity contribution in [2.24, 2.45) is 17.8 Å². The van der Waals surface area contributed by atoms with E-state index in [4.69, 9.17) is 5.26 Å². The summed E-state index contributed by atoms with van der Waals surface area (Å²) in [7, 11) is 0. The van der Waals surface area contributed by atoms with Crippen molar-refractivity contribution < 1.29 is 9.18 Å². The van der Waals surface area contributed by atoms with E-state index in [0.717, 1.165) is 90.0 Å². The number of nitriles is 1. The molecule has 1 amide bonds. The Labute approximate surface area is 250 Å². The molecule has 0 aromatic heterocycles. The summed E-state index contributed by atoms with van der Waals surface area (Å²) in [6, 6.07) is 17.6. The molecule has 3 heterocycles. The average Bonchev–Trinajstić information content (AvgIpc) is 3.43. The average molecular weight is 570 g/mol. The number of hydrogen-bond acceptors (Lipinski definition) is 5. The van der Waals surface area contributed by atoms with Crippen molar-refractivity contribution in [2.75, 3.05) is 57.3 Å². The zero-order chi connectivity index (χ0) is 29.1. The first-order valence-corrected chi connectivity index (χ1v) is 15.9. The smallest absolute Gasteiger partial charge is 0.243 e. The molecule has 0 spiro atoms. The molecular formula is C35H44FN5O. The maximum atomic E-state index is 14.9. The van der Waals surface area contributed by atoms with Crippen molar-refractivity contribution in [2.45, 2.75) is 50.0 Å². The van der Waals surface area contributed by atoms with Crippen LogP contribution in [0, 0.1) is 34.9 Å². The van der Waals surface area contributed by atoms with Gasteiger partial charge in [-0.3, -0.25) is 4.79 Å². The van der Waals surface area contributed by atoms with E-state index in [1.807, 2.05) is 18.2 Å². The third kappa shape index (κ3) is 5.85. The lowest BCUT2D eigenvalue weighted by molar-refractivity contribution is -0.117. The van der Waals surface area contributed by atoms with Crippen molar-refractivity contribution in [3.05, 3.63) is 78.1 Å². The number of amides is 1. The van der Waals surface area contributed by atoms with Gasteiger partial charge in [0.2, 0.25) is 5.91 Å². The van der Waals surface area contributed by atoms with Crippen molar-refractivity contribution in [3.63, 3.8) is 0 Å². The maximum absolute atomic E-state index is 14.9. The number of halogens is 1. The Morgan fingerprint density at radius 3 is 2.43 bits per heavy atom. The molecule has 3 saturated heterocycles. The predicted molar refractivity (Wildman–Crippen MR) is 165 cm³/mol. The maximum Gasteiger partial charge on any atom is 0.243 e. The summed E-state index contributed by atoms with van der Waals surface area (Å²) in [6.45, 7) is 12.2. The summed E-state index contributed by atoms with van der Waals surface area (Å²) < 4.78 is 14.9. The van der Waals surface area contributed by atoms with Gasteiger partial charge in [0, 0.05) is 49.2 Å². The molecular weight excluding hydrogens is 525 g/mol. The number of anilines is 1. The van der Waals surface area contributed by atoms with Crippen LogP contribution in [0.2, 0.25) is 0 Å². The molecule has 4 aliphatic rings. The van der Waals surface area contributed by atoms with Crippen LogP contribution >= 0.6 is 0 Å². The fraction of sp³-hybridized carbons (Fsp3) is 0.543. The number of rotatable bonds is 10. The van der Waals surface area contributed by atoms with E-state index in [2.05, 4.69) is 50.9 Å². The predicted octanol–water partition coefficient (Wildman–Crippen LogP) is 4.96. The molecule has 1 aliphatic carbocycles. The summed E-state index contributed by atoms with van der Waals surface area (Å²) in [4.78, 5) is 20.1. The van der Waals surface area contributed by atoms with E-state index in [-0.39, 0.29) is 29.1 Å². The topological polar surface area (TPSA) is 62.6 Å². The van der Waals surface area contributed by atoms with Gasteiger partial charge < -0.3 is 20.0 Å². The highest BCUT2D eigenvalue weighted by Crippen LogP contribution is 2.51. The Morgan fingerprint density at radius 1 is 1.02 bits per heavy atom. The van der Waals surface area contributed by atoms with Gasteiger partial charge in [0.05, 0.1) is 11.6 Å². The fourth-order valence-corrected chi connectivity index (χ4v) is 8.41. The number of carbonyl (C=O) groups excluding carboxylic acids is 1. The zero-order valence-electron chi connectivity index (χ0n) is 24.7. The van der Waals surface area contributed by atoms with Crippen molar-refractivity contribution in [1.82, 2.24) is 15.1 Å². The summed E-state index contributed by atoms with van der Waals surface area (Å²) >= 11 is 0. The number of hydrogen-bond donors (Lipinski definition) is 1. The minimum Gasteiger partial charge on any atom is -0.371 e. The van der Waals surface area contributed by atoms with Gasteiger partial charge >= 0.3 is 0 Å². The monoisotopic (exact) mass is 569 g/mol. The van der Waals surface area contributed by atoms with Crippen LogP contribution in [0.25, 0.3) is 0 Å². The molecule has 4 fully saturated rings. The van der Waals surface area contributed by atoms with E-state index >= 15 is 0 Å². The largest absolute Gasteiger partial charge is 0.371 e. The SMILES string of the molecule is C=CC(=O)N[C@H]1CCC[C@@H]1[C@](CN1CCC1)(c1cccc(F)c1)C1CCN(CC2CN(c3ccc(C#N)cc3)C2)CC1. The number of nitrogens with zero attached hydrogens (tertiary/aromatic N) is 4. The van der Waals surface area contributed by atoms with Crippen LogP contribution in [-0.2, 0) is 10.2 Å². The lowest BCUT2D eigenvalue weighted by Crippen LogP contribution is -2.60. The molecule has 2 aromatic carbocycles. The summed E-state index contributed by atoms with van der Waals surface area (Å²) in [6.07, 6.45) is 7.90. The van der Waals surface area contributed by atoms with Crippen LogP contribution in [0.4, 0.5) is 10.1 Å². The van der Waals surface area contributed by atoms with Crippen molar-refractivity contribution >= 4 is 11.6 Å². The van der Waals surface area contributed by atoms with Crippen LogP contribution in [0.15, 0.2) is 61.2 Å². The first-order valence-electron chi connectivity index (χ1n) is 15.9. The Bertz CT molecular complexity index is 1290. The molecule has 7 heteroatoms. The van der Waals surface area contributed by atoms with Gasteiger partial charge in [-0.05, 0) is 118 Å². The highest BCUT2D eigenvalue weighted by molar-refractivity contribution is 5.87. The number of benzene rings is 2. The lowest BCUT2D eigenvalue weighted by Gasteiger charge is -2.54. The highest BCUT2D eigenvalue weighted by atomic mass is 19.1. The molecule has 222 valence electrons. The number of nitrogens with one attached hydrogen (secondary N) is 1. The number of piperidine rings is 1. The lowest BCUT2D eigenvalue weighted by atomic mass is 9.57. The van der Waals surface area contributed by atoms with Crippen LogP contribution < -0.4 is 10.2 Å². The molecule has 3 atom stereocenters. The Kier molecular flexibility index (Phi) is 8.65. The molecule has 42 heavy (non-hydrogen) atoms. The minimum absolute atomic E-state index is 0.0845. The molecule has 1 saturated carbocycles. The Hall–Kier alpha value is -3.21. The standard InChI is InChI=1S/C35H44FN5O/c1-2-34(42)38-33-9-4-8-32(33)35(25-40-16-5-17-40,29-6-3-7-30(36)20-29)28-14-18-39(19-15-28)22-27-23-41(24-27)31-12-10-26(21-37)11-13-31/h2-3,6-7,10-13,20,27-28,32-33H,1,4-5,8-9,14-19,22-25H2,(H,38,42)/t32-,33-,35-/m0/s1. The number of likely N-dealkylation sites (tertiary alicyclic amines) is 2. The second-order valence-electron chi connectivity index (χ2n) is 13.0. The summed E-state index contributed by atoms with van der Waals surface area (Å²) in [5.74, 6) is 1.08. The molecule has 3 aliphatic heterocycles. The molecule has 0 unspecified atom stereocenters. The zero-order valence-corrected chi connectivity index (χ0v) is 24.7. The third-order valence-corrected chi connectivity index (χ3v) is 10.6. The number of carbonyl (C=O) groups is 1. The summed E-state index contributed by atoms with van der Waals surface area (Å²) in [5.41, 5.74) is 2.82. The van der Waals surface area contributed by atoms with Crippen LogP contribution in [0.3, 0.4) is 0 Å². The highest BCUT2D eigenvalue weighted by Gasteiger charge is 2.53. The normalized spacial score (nSPS) is 25.2. The van der Waals surface area contributed by atoms with E-state index in [0.29, 0.717) is 17.4 Å². The van der Waals surface area contributed by atoms with Gasteiger partial charge in [-0.25, -0.2) is 4.39 Å². The van der Waals surface area contributed by atoms with Gasteiger partial charge in [-0.2, -0.15) is 5.26 Å². The molecule has 1 N–H and O–H groups in total. The first kappa shape index (κ1) is 28.9. The molecule has 2 aromatic rings. The Morgan fingerprint density at radius 2 is 1.79 bits per heavy atom. The van der Waals surface area contributed by atoms with Gasteiger partial charge in [0.25, 0.3) is 0 Å². The molecule has 6 nitrogen and oxygen atoms in total. The molecule has 6 rings (SSSR count). The van der Waals surface area contributed by atoms with Crippen molar-refractivity contribution in [1.29, 1.82) is 5.26 Å².